The zero-order chi connectivity index (χ0) is 13.5. The van der Waals surface area contributed by atoms with Crippen molar-refractivity contribution in [1.29, 1.82) is 0 Å². The first-order valence-corrected chi connectivity index (χ1v) is 6.12. The van der Waals surface area contributed by atoms with Crippen molar-refractivity contribution in [2.24, 2.45) is 23.3 Å². The van der Waals surface area contributed by atoms with Gasteiger partial charge in [-0.15, -0.1) is 0 Å². The molecule has 1 rings (SSSR count). The second kappa shape index (κ2) is 6.79. The van der Waals surface area contributed by atoms with Gasteiger partial charge in [0.1, 0.15) is 0 Å². The van der Waals surface area contributed by atoms with Gasteiger partial charge in [0.15, 0.2) is 0 Å². The molecule has 0 aliphatic rings. The molecule has 1 aromatic carbocycles. The van der Waals surface area contributed by atoms with Crippen molar-refractivity contribution in [3.05, 3.63) is 35.9 Å². The lowest BCUT2D eigenvalue weighted by Gasteiger charge is -2.19. The summed E-state index contributed by atoms with van der Waals surface area (Å²) in [7, 11) is 0. The lowest BCUT2D eigenvalue weighted by Crippen LogP contribution is -2.32. The quantitative estimate of drug-likeness (QED) is 0.760. The van der Waals surface area contributed by atoms with Crippen LogP contribution in [-0.2, 0) is 16.0 Å². The van der Waals surface area contributed by atoms with Crippen LogP contribution in [0.2, 0.25) is 0 Å². The molecule has 4 nitrogen and oxygen atoms in total. The highest BCUT2D eigenvalue weighted by Crippen LogP contribution is 2.20. The normalized spacial score (nSPS) is 13.8. The molecule has 2 unspecified atom stereocenters. The lowest BCUT2D eigenvalue weighted by molar-refractivity contribution is -0.128. The molecule has 0 heterocycles. The second-order valence-corrected chi connectivity index (χ2v) is 4.68. The van der Waals surface area contributed by atoms with Crippen molar-refractivity contribution < 1.29 is 9.59 Å². The molecule has 1 aromatic rings. The highest BCUT2D eigenvalue weighted by atomic mass is 16.2. The number of carbonyl (C=O) groups excluding carboxylic acids is 2. The smallest absolute Gasteiger partial charge is 0.221 e. The summed E-state index contributed by atoms with van der Waals surface area (Å²) in [5.74, 6) is -1.35. The Bertz CT molecular complexity index is 404. The third kappa shape index (κ3) is 4.57. The van der Waals surface area contributed by atoms with Gasteiger partial charge >= 0.3 is 0 Å². The second-order valence-electron chi connectivity index (χ2n) is 4.68. The maximum absolute atomic E-state index is 11.3. The zero-order valence-electron chi connectivity index (χ0n) is 10.6. The van der Waals surface area contributed by atoms with Crippen molar-refractivity contribution >= 4 is 11.8 Å². The molecule has 4 N–H and O–H groups in total. The molecular formula is C14H20N2O2. The topological polar surface area (TPSA) is 86.2 Å². The summed E-state index contributed by atoms with van der Waals surface area (Å²) in [6.45, 7) is 1.93. The monoisotopic (exact) mass is 248 g/mol. The van der Waals surface area contributed by atoms with E-state index in [4.69, 9.17) is 11.5 Å². The van der Waals surface area contributed by atoms with Crippen LogP contribution in [0.3, 0.4) is 0 Å². The molecule has 2 amide bonds. The van der Waals surface area contributed by atoms with Crippen molar-refractivity contribution in [3.63, 3.8) is 0 Å². The number of primary amides is 2. The predicted octanol–water partition coefficient (Wildman–Crippen LogP) is 1.23. The van der Waals surface area contributed by atoms with Crippen molar-refractivity contribution in [2.45, 2.75) is 26.2 Å². The van der Waals surface area contributed by atoms with Crippen LogP contribution in [-0.4, -0.2) is 11.8 Å². The average Bonchev–Trinajstić information content (AvgIpc) is 2.34. The summed E-state index contributed by atoms with van der Waals surface area (Å²) >= 11 is 0. The lowest BCUT2D eigenvalue weighted by atomic mass is 9.86. The molecule has 0 aliphatic carbocycles. The van der Waals surface area contributed by atoms with Gasteiger partial charge in [-0.25, -0.2) is 0 Å². The number of carbonyl (C=O) groups is 2. The standard InChI is InChI=1S/C14H20N2O2/c1-10(12(14(16)18)9-13(15)17)7-8-11-5-3-2-4-6-11/h2-6,10,12H,7-9H2,1H3,(H2,15,17)(H2,16,18). The van der Waals surface area contributed by atoms with E-state index >= 15 is 0 Å². The molecule has 0 aliphatic heterocycles. The summed E-state index contributed by atoms with van der Waals surface area (Å²) in [6.07, 6.45) is 1.71. The molecule has 0 spiro atoms. The average molecular weight is 248 g/mol. The van der Waals surface area contributed by atoms with Gasteiger partial charge < -0.3 is 11.5 Å². The van der Waals surface area contributed by atoms with Gasteiger partial charge in [0.25, 0.3) is 0 Å². The van der Waals surface area contributed by atoms with Crippen molar-refractivity contribution in [3.8, 4) is 0 Å². The number of hydrogen-bond donors (Lipinski definition) is 2. The van der Waals surface area contributed by atoms with Gasteiger partial charge in [-0.05, 0) is 24.3 Å². The number of nitrogens with two attached hydrogens (primary N) is 2. The Labute approximate surface area is 107 Å². The number of aryl methyl sites for hydroxylation is 1. The molecule has 4 heteroatoms. The largest absolute Gasteiger partial charge is 0.370 e. The summed E-state index contributed by atoms with van der Waals surface area (Å²) < 4.78 is 0. The van der Waals surface area contributed by atoms with Crippen molar-refractivity contribution in [1.82, 2.24) is 0 Å². The Morgan fingerprint density at radius 3 is 2.28 bits per heavy atom. The fraction of sp³-hybridized carbons (Fsp3) is 0.429. The van der Waals surface area contributed by atoms with Crippen LogP contribution >= 0.6 is 0 Å². The van der Waals surface area contributed by atoms with E-state index in [2.05, 4.69) is 0 Å². The van der Waals surface area contributed by atoms with Gasteiger partial charge in [0.05, 0.1) is 0 Å². The Morgan fingerprint density at radius 2 is 1.78 bits per heavy atom. The summed E-state index contributed by atoms with van der Waals surface area (Å²) in [4.78, 5) is 22.2. The summed E-state index contributed by atoms with van der Waals surface area (Å²) in [5, 5.41) is 0. The van der Waals surface area contributed by atoms with Crippen LogP contribution in [0.1, 0.15) is 25.3 Å². The van der Waals surface area contributed by atoms with Crippen molar-refractivity contribution in [2.75, 3.05) is 0 Å². The highest BCUT2D eigenvalue weighted by Gasteiger charge is 2.24. The number of benzene rings is 1. The molecule has 98 valence electrons. The van der Waals surface area contributed by atoms with Gasteiger partial charge in [-0.1, -0.05) is 37.3 Å². The fourth-order valence-corrected chi connectivity index (χ4v) is 2.04. The number of amides is 2. The van der Waals surface area contributed by atoms with Crippen LogP contribution in [0, 0.1) is 11.8 Å². The van der Waals surface area contributed by atoms with E-state index in [-0.39, 0.29) is 12.3 Å². The van der Waals surface area contributed by atoms with Gasteiger partial charge in [-0.3, -0.25) is 9.59 Å². The van der Waals surface area contributed by atoms with E-state index in [0.29, 0.717) is 0 Å². The van der Waals surface area contributed by atoms with Gasteiger partial charge in [0, 0.05) is 12.3 Å². The Kier molecular flexibility index (Phi) is 5.36. The Morgan fingerprint density at radius 1 is 1.17 bits per heavy atom. The minimum absolute atomic E-state index is 0.0330. The minimum Gasteiger partial charge on any atom is -0.370 e. The van der Waals surface area contributed by atoms with E-state index in [1.807, 2.05) is 37.3 Å². The molecule has 2 atom stereocenters. The number of rotatable bonds is 7. The predicted molar refractivity (Wildman–Crippen MR) is 70.4 cm³/mol. The zero-order valence-corrected chi connectivity index (χ0v) is 10.6. The van der Waals surface area contributed by atoms with E-state index in [1.165, 1.54) is 5.56 Å². The van der Waals surface area contributed by atoms with E-state index in [9.17, 15) is 9.59 Å². The highest BCUT2D eigenvalue weighted by molar-refractivity contribution is 5.84. The summed E-state index contributed by atoms with van der Waals surface area (Å²) in [5.41, 5.74) is 11.7. The fourth-order valence-electron chi connectivity index (χ4n) is 2.04. The molecule has 0 saturated carbocycles. The molecule has 0 fully saturated rings. The third-order valence-corrected chi connectivity index (χ3v) is 3.20. The molecule has 0 radical (unpaired) electrons. The SMILES string of the molecule is CC(CCc1ccccc1)C(CC(N)=O)C(N)=O. The maximum atomic E-state index is 11.3. The summed E-state index contributed by atoms with van der Waals surface area (Å²) in [6, 6.07) is 10.0. The Balaban J connectivity index is 2.54. The van der Waals surface area contributed by atoms with Gasteiger partial charge in [-0.2, -0.15) is 0 Å². The minimum atomic E-state index is -0.481. The van der Waals surface area contributed by atoms with Crippen LogP contribution < -0.4 is 11.5 Å². The maximum Gasteiger partial charge on any atom is 0.221 e. The molecular weight excluding hydrogens is 228 g/mol. The van der Waals surface area contributed by atoms with Crippen LogP contribution in [0.15, 0.2) is 30.3 Å². The first-order valence-electron chi connectivity index (χ1n) is 6.12. The number of hydrogen-bond acceptors (Lipinski definition) is 2. The van der Waals surface area contributed by atoms with Crippen LogP contribution in [0.5, 0.6) is 0 Å². The van der Waals surface area contributed by atoms with Crippen LogP contribution in [0.4, 0.5) is 0 Å². The van der Waals surface area contributed by atoms with E-state index in [1.54, 1.807) is 0 Å². The van der Waals surface area contributed by atoms with Crippen LogP contribution in [0.25, 0.3) is 0 Å². The first-order chi connectivity index (χ1) is 8.50. The molecule has 0 saturated heterocycles. The molecule has 0 bridgehead atoms. The molecule has 0 aromatic heterocycles. The van der Waals surface area contributed by atoms with E-state index < -0.39 is 17.7 Å². The van der Waals surface area contributed by atoms with Gasteiger partial charge in [0.2, 0.25) is 11.8 Å². The Hall–Kier alpha value is -1.84. The molecule has 18 heavy (non-hydrogen) atoms. The first kappa shape index (κ1) is 14.2. The van der Waals surface area contributed by atoms with E-state index in [0.717, 1.165) is 12.8 Å². The third-order valence-electron chi connectivity index (χ3n) is 3.20.